The molecule has 0 spiro atoms. The Morgan fingerprint density at radius 2 is 2.00 bits per heavy atom. The molecule has 1 aliphatic heterocycles. The van der Waals surface area contributed by atoms with Gasteiger partial charge in [-0.1, -0.05) is 23.8 Å². The van der Waals surface area contributed by atoms with Gasteiger partial charge < -0.3 is 14.5 Å². The molecule has 0 aliphatic carbocycles. The van der Waals surface area contributed by atoms with Crippen LogP contribution in [0.4, 0.5) is 0 Å². The number of likely N-dealkylation sites (tertiary alicyclic amines) is 1. The highest BCUT2D eigenvalue weighted by atomic mass is 16.5. The third-order valence-electron chi connectivity index (χ3n) is 5.88. The number of rotatable bonds is 9. The second kappa shape index (κ2) is 11.5. The fourth-order valence-electron chi connectivity index (χ4n) is 3.87. The molecule has 2 aromatic rings. The highest BCUT2D eigenvalue weighted by molar-refractivity contribution is 5.78. The first-order chi connectivity index (χ1) is 15.0. The molecular formula is C25H33N3O3. The lowest BCUT2D eigenvalue weighted by Crippen LogP contribution is -2.42. The molecule has 166 valence electrons. The molecule has 6 heteroatoms. The Morgan fingerprint density at radius 1 is 1.19 bits per heavy atom. The van der Waals surface area contributed by atoms with Crippen LogP contribution in [-0.2, 0) is 16.0 Å². The van der Waals surface area contributed by atoms with E-state index in [2.05, 4.69) is 4.98 Å². The Balaban J connectivity index is 1.38. The van der Waals surface area contributed by atoms with Crippen molar-refractivity contribution >= 4 is 11.8 Å². The predicted octanol–water partition coefficient (Wildman–Crippen LogP) is 3.49. The van der Waals surface area contributed by atoms with Crippen molar-refractivity contribution in [3.8, 4) is 5.75 Å². The van der Waals surface area contributed by atoms with Gasteiger partial charge in [0.2, 0.25) is 5.91 Å². The van der Waals surface area contributed by atoms with Crippen LogP contribution in [0.25, 0.3) is 0 Å². The molecule has 0 unspecified atom stereocenters. The summed E-state index contributed by atoms with van der Waals surface area (Å²) in [6.07, 6.45) is 5.91. The van der Waals surface area contributed by atoms with Gasteiger partial charge in [-0.05, 0) is 56.4 Å². The number of amides is 2. The fraction of sp³-hybridized carbons (Fsp3) is 0.480. The van der Waals surface area contributed by atoms with Crippen molar-refractivity contribution < 1.29 is 14.3 Å². The van der Waals surface area contributed by atoms with E-state index in [-0.39, 0.29) is 18.4 Å². The Labute approximate surface area is 185 Å². The van der Waals surface area contributed by atoms with Gasteiger partial charge in [0.25, 0.3) is 5.91 Å². The fourth-order valence-corrected chi connectivity index (χ4v) is 3.87. The summed E-state index contributed by atoms with van der Waals surface area (Å²) in [5.41, 5.74) is 2.16. The number of aryl methyl sites for hydroxylation is 1. The Bertz CT molecular complexity index is 839. The van der Waals surface area contributed by atoms with Crippen LogP contribution in [0.1, 0.15) is 36.9 Å². The van der Waals surface area contributed by atoms with Gasteiger partial charge in [-0.2, -0.15) is 0 Å². The van der Waals surface area contributed by atoms with Gasteiger partial charge in [0, 0.05) is 51.4 Å². The van der Waals surface area contributed by atoms with E-state index < -0.39 is 0 Å². The van der Waals surface area contributed by atoms with E-state index >= 15 is 0 Å². The van der Waals surface area contributed by atoms with Gasteiger partial charge in [-0.15, -0.1) is 0 Å². The number of carbonyl (C=O) groups excluding carboxylic acids is 2. The zero-order valence-corrected chi connectivity index (χ0v) is 18.6. The summed E-state index contributed by atoms with van der Waals surface area (Å²) in [7, 11) is 1.85. The maximum atomic E-state index is 12.6. The SMILES string of the molecule is Cc1ccc(OCC(=O)N2CCC[C@@H](CCC(=O)N(C)CCc3ccccn3)C2)cc1. The topological polar surface area (TPSA) is 62.7 Å². The molecular weight excluding hydrogens is 390 g/mol. The molecule has 0 bridgehead atoms. The maximum Gasteiger partial charge on any atom is 0.260 e. The number of pyridine rings is 1. The molecule has 1 saturated heterocycles. The molecule has 31 heavy (non-hydrogen) atoms. The van der Waals surface area contributed by atoms with Gasteiger partial charge in [-0.25, -0.2) is 0 Å². The minimum Gasteiger partial charge on any atom is -0.484 e. The standard InChI is InChI=1S/C25H33N3O3/c1-20-8-11-23(12-9-20)31-19-25(30)28-16-5-6-21(18-28)10-13-24(29)27(2)17-14-22-7-3-4-15-26-22/h3-4,7-9,11-12,15,21H,5-6,10,13-14,16-19H2,1-2H3/t21-/m0/s1. The van der Waals surface area contributed by atoms with E-state index in [1.807, 2.05) is 61.3 Å². The first-order valence-electron chi connectivity index (χ1n) is 11.1. The Kier molecular flexibility index (Phi) is 8.44. The van der Waals surface area contributed by atoms with Crippen molar-refractivity contribution in [1.82, 2.24) is 14.8 Å². The van der Waals surface area contributed by atoms with E-state index in [1.165, 1.54) is 0 Å². The Morgan fingerprint density at radius 3 is 2.74 bits per heavy atom. The molecule has 1 aromatic heterocycles. The number of benzene rings is 1. The number of ether oxygens (including phenoxy) is 1. The minimum absolute atomic E-state index is 0.0177. The number of hydrogen-bond donors (Lipinski definition) is 0. The second-order valence-electron chi connectivity index (χ2n) is 8.37. The normalized spacial score (nSPS) is 16.1. The number of aromatic nitrogens is 1. The van der Waals surface area contributed by atoms with Crippen LogP contribution in [0.2, 0.25) is 0 Å². The van der Waals surface area contributed by atoms with Gasteiger partial charge in [0.05, 0.1) is 0 Å². The largest absolute Gasteiger partial charge is 0.484 e. The highest BCUT2D eigenvalue weighted by Gasteiger charge is 2.24. The van der Waals surface area contributed by atoms with Crippen LogP contribution in [0.5, 0.6) is 5.75 Å². The van der Waals surface area contributed by atoms with Crippen LogP contribution in [0.3, 0.4) is 0 Å². The summed E-state index contributed by atoms with van der Waals surface area (Å²) in [6, 6.07) is 13.6. The zero-order chi connectivity index (χ0) is 22.1. The molecule has 1 fully saturated rings. The van der Waals surface area contributed by atoms with Gasteiger partial charge >= 0.3 is 0 Å². The molecule has 3 rings (SSSR count). The molecule has 0 saturated carbocycles. The van der Waals surface area contributed by atoms with Gasteiger partial charge in [-0.3, -0.25) is 14.6 Å². The van der Waals surface area contributed by atoms with E-state index in [1.54, 1.807) is 11.1 Å². The van der Waals surface area contributed by atoms with E-state index in [9.17, 15) is 9.59 Å². The average molecular weight is 424 g/mol. The average Bonchev–Trinajstić information content (AvgIpc) is 2.81. The van der Waals surface area contributed by atoms with E-state index in [4.69, 9.17) is 4.74 Å². The second-order valence-corrected chi connectivity index (χ2v) is 8.37. The summed E-state index contributed by atoms with van der Waals surface area (Å²) in [4.78, 5) is 33.1. The van der Waals surface area contributed by atoms with Gasteiger partial charge in [0.1, 0.15) is 5.75 Å². The molecule has 2 heterocycles. The summed E-state index contributed by atoms with van der Waals surface area (Å²) in [5.74, 6) is 1.25. The Hall–Kier alpha value is -2.89. The van der Waals surface area contributed by atoms with Crippen LogP contribution in [0, 0.1) is 12.8 Å². The van der Waals surface area contributed by atoms with Crippen molar-refractivity contribution in [3.63, 3.8) is 0 Å². The summed E-state index contributed by atoms with van der Waals surface area (Å²) >= 11 is 0. The molecule has 0 N–H and O–H groups in total. The molecule has 1 aliphatic rings. The molecule has 6 nitrogen and oxygen atoms in total. The van der Waals surface area contributed by atoms with Crippen molar-refractivity contribution in [2.24, 2.45) is 5.92 Å². The minimum atomic E-state index is 0.0177. The lowest BCUT2D eigenvalue weighted by Gasteiger charge is -2.33. The highest BCUT2D eigenvalue weighted by Crippen LogP contribution is 2.22. The quantitative estimate of drug-likeness (QED) is 0.619. The van der Waals surface area contributed by atoms with Crippen LogP contribution < -0.4 is 4.74 Å². The summed E-state index contributed by atoms with van der Waals surface area (Å²) < 4.78 is 5.65. The van der Waals surface area contributed by atoms with Crippen LogP contribution in [0.15, 0.2) is 48.7 Å². The molecule has 1 atom stereocenters. The number of likely N-dealkylation sites (N-methyl/N-ethyl adjacent to an activating group) is 1. The third-order valence-corrected chi connectivity index (χ3v) is 5.88. The molecule has 1 aromatic carbocycles. The number of nitrogens with zero attached hydrogens (tertiary/aromatic N) is 3. The first kappa shape index (κ1) is 22.8. The molecule has 2 amide bonds. The van der Waals surface area contributed by atoms with Crippen molar-refractivity contribution in [2.45, 2.75) is 39.0 Å². The lowest BCUT2D eigenvalue weighted by atomic mass is 9.93. The van der Waals surface area contributed by atoms with E-state index in [0.717, 1.165) is 43.5 Å². The third kappa shape index (κ3) is 7.39. The maximum absolute atomic E-state index is 12.6. The summed E-state index contributed by atoms with van der Waals surface area (Å²) in [6.45, 7) is 4.23. The van der Waals surface area contributed by atoms with Crippen molar-refractivity contribution in [3.05, 3.63) is 59.9 Å². The smallest absolute Gasteiger partial charge is 0.260 e. The van der Waals surface area contributed by atoms with E-state index in [0.29, 0.717) is 31.2 Å². The number of carbonyl (C=O) groups is 2. The van der Waals surface area contributed by atoms with Gasteiger partial charge in [0.15, 0.2) is 6.61 Å². The molecule has 0 radical (unpaired) electrons. The zero-order valence-electron chi connectivity index (χ0n) is 18.6. The summed E-state index contributed by atoms with van der Waals surface area (Å²) in [5, 5.41) is 0. The van der Waals surface area contributed by atoms with Crippen molar-refractivity contribution in [1.29, 1.82) is 0 Å². The van der Waals surface area contributed by atoms with Crippen LogP contribution in [-0.4, -0.2) is 59.9 Å². The van der Waals surface area contributed by atoms with Crippen molar-refractivity contribution in [2.75, 3.05) is 33.3 Å². The number of piperidine rings is 1. The lowest BCUT2D eigenvalue weighted by molar-refractivity contribution is -0.135. The predicted molar refractivity (Wildman–Crippen MR) is 121 cm³/mol. The monoisotopic (exact) mass is 423 g/mol. The first-order valence-corrected chi connectivity index (χ1v) is 11.1. The number of hydrogen-bond acceptors (Lipinski definition) is 4. The van der Waals surface area contributed by atoms with Crippen LogP contribution >= 0.6 is 0 Å².